The number of aromatic hydroxyl groups is 1. The number of rotatable bonds is 14. The van der Waals surface area contributed by atoms with Crippen LogP contribution >= 0.6 is 0 Å². The van der Waals surface area contributed by atoms with Gasteiger partial charge in [0.2, 0.25) is 0 Å². The number of nitrogens with one attached hydrogen (secondary N) is 3. The van der Waals surface area contributed by atoms with Crippen molar-refractivity contribution in [3.63, 3.8) is 0 Å². The molecular weight excluding hydrogens is 663 g/mol. The second-order valence-electron chi connectivity index (χ2n) is 19.0. The van der Waals surface area contributed by atoms with Gasteiger partial charge in [0.05, 0.1) is 0 Å². The van der Waals surface area contributed by atoms with Crippen molar-refractivity contribution >= 4 is 5.97 Å². The SMILES string of the molecule is CC(C)(C)c1cc(CCC(=O)O)cc(C(C)(C)C)c1O.CC1(C)CC(N)CC(C)(C)N1.CN(C)CCCNCCCN.NCCCNC1CCCCC1. The van der Waals surface area contributed by atoms with E-state index in [9.17, 15) is 9.90 Å². The third kappa shape index (κ3) is 25.1. The fraction of sp³-hybridized carbons (Fsp3) is 0.837. The van der Waals surface area contributed by atoms with E-state index >= 15 is 0 Å². The number of hydrogen-bond acceptors (Lipinski definition) is 9. The standard InChI is InChI=1S/C17H26O3.2C9H20N2.C8H21N3/c1-16(2,3)12-9-11(7-8-14(18)19)10-13(15(12)20)17(4,5)6;1-8(2)5-7(10)6-9(3,4)11-8;10-7-4-8-11-9-5-2-1-3-6-9;1-11(2)8-4-7-10-6-3-5-9/h9-10,20H,7-8H2,1-6H3,(H,18,19);7,11H,5-6,10H2,1-4H3;9,11H,1-8,10H2;10H,3-9H2,1-2H3. The first-order valence-electron chi connectivity index (χ1n) is 20.6. The lowest BCUT2D eigenvalue weighted by atomic mass is 9.78. The van der Waals surface area contributed by atoms with Gasteiger partial charge in [0.1, 0.15) is 5.75 Å². The van der Waals surface area contributed by atoms with Crippen molar-refractivity contribution in [2.45, 2.75) is 180 Å². The topological polar surface area (TPSA) is 175 Å². The van der Waals surface area contributed by atoms with Gasteiger partial charge in [-0.1, -0.05) is 72.9 Å². The van der Waals surface area contributed by atoms with E-state index in [-0.39, 0.29) is 28.3 Å². The summed E-state index contributed by atoms with van der Waals surface area (Å²) in [5.41, 5.74) is 19.5. The molecule has 10 heteroatoms. The third-order valence-corrected chi connectivity index (χ3v) is 9.57. The monoisotopic (exact) mass is 750 g/mol. The summed E-state index contributed by atoms with van der Waals surface area (Å²) < 4.78 is 0. The molecule has 1 aromatic carbocycles. The molecule has 3 rings (SSSR count). The molecule has 53 heavy (non-hydrogen) atoms. The molecule has 0 atom stereocenters. The van der Waals surface area contributed by atoms with Crippen LogP contribution in [0.15, 0.2) is 12.1 Å². The summed E-state index contributed by atoms with van der Waals surface area (Å²) in [5.74, 6) is -0.461. The number of piperidine rings is 1. The molecule has 10 nitrogen and oxygen atoms in total. The van der Waals surface area contributed by atoms with Crippen molar-refractivity contribution in [1.29, 1.82) is 0 Å². The quantitative estimate of drug-likeness (QED) is 0.0996. The number of aliphatic carboxylic acids is 1. The minimum Gasteiger partial charge on any atom is -0.507 e. The molecule has 1 aliphatic carbocycles. The summed E-state index contributed by atoms with van der Waals surface area (Å²) in [6, 6.07) is 5.04. The lowest BCUT2D eigenvalue weighted by Gasteiger charge is -2.45. The van der Waals surface area contributed by atoms with E-state index in [2.05, 4.69) is 104 Å². The summed E-state index contributed by atoms with van der Waals surface area (Å²) in [5, 5.41) is 29.8. The van der Waals surface area contributed by atoms with Gasteiger partial charge >= 0.3 is 5.97 Å². The second kappa shape index (κ2) is 25.4. The van der Waals surface area contributed by atoms with Crippen molar-refractivity contribution in [2.75, 3.05) is 53.4 Å². The lowest BCUT2D eigenvalue weighted by molar-refractivity contribution is -0.136. The Morgan fingerprint density at radius 1 is 0.849 bits per heavy atom. The first-order chi connectivity index (χ1) is 24.4. The molecule has 0 spiro atoms. The average molecular weight is 750 g/mol. The normalized spacial score (nSPS) is 17.5. The maximum atomic E-state index is 10.8. The number of phenols is 1. The Morgan fingerprint density at radius 2 is 1.32 bits per heavy atom. The lowest BCUT2D eigenvalue weighted by Crippen LogP contribution is -2.60. The Balaban J connectivity index is 0.000000711. The predicted molar refractivity (Wildman–Crippen MR) is 228 cm³/mol. The van der Waals surface area contributed by atoms with Gasteiger partial charge in [0.15, 0.2) is 0 Å². The molecule has 0 radical (unpaired) electrons. The Labute approximate surface area is 326 Å². The Morgan fingerprint density at radius 3 is 1.74 bits per heavy atom. The second-order valence-corrected chi connectivity index (χ2v) is 19.0. The number of carboxylic acids is 1. The number of carboxylic acid groups (broad SMARTS) is 1. The number of aryl methyl sites for hydroxylation is 1. The van der Waals surface area contributed by atoms with Crippen LogP contribution in [0, 0.1) is 0 Å². The van der Waals surface area contributed by atoms with E-state index in [1.807, 2.05) is 12.1 Å². The van der Waals surface area contributed by atoms with Crippen LogP contribution in [0.4, 0.5) is 0 Å². The number of benzene rings is 1. The van der Waals surface area contributed by atoms with Gasteiger partial charge < -0.3 is 48.3 Å². The minimum absolute atomic E-state index is 0.109. The molecular formula is C43H87N7O3. The molecule has 0 aromatic heterocycles. The molecule has 0 bridgehead atoms. The van der Waals surface area contributed by atoms with Crippen LogP contribution in [0.3, 0.4) is 0 Å². The van der Waals surface area contributed by atoms with Gasteiger partial charge in [-0.05, 0) is 160 Å². The third-order valence-electron chi connectivity index (χ3n) is 9.57. The Hall–Kier alpha value is -1.79. The smallest absolute Gasteiger partial charge is 0.303 e. The highest BCUT2D eigenvalue weighted by molar-refractivity contribution is 5.67. The molecule has 1 saturated carbocycles. The van der Waals surface area contributed by atoms with Crippen LogP contribution in [-0.4, -0.2) is 97.6 Å². The Bertz CT molecular complexity index is 1070. The summed E-state index contributed by atoms with van der Waals surface area (Å²) in [6.45, 7) is 27.2. The molecule has 1 aliphatic heterocycles. The van der Waals surface area contributed by atoms with Crippen molar-refractivity contribution in [3.05, 3.63) is 28.8 Å². The summed E-state index contributed by atoms with van der Waals surface area (Å²) in [4.78, 5) is 13.0. The molecule has 0 amide bonds. The highest BCUT2D eigenvalue weighted by Crippen LogP contribution is 2.40. The highest BCUT2D eigenvalue weighted by atomic mass is 16.4. The number of hydrogen-bond donors (Lipinski definition) is 8. The van der Waals surface area contributed by atoms with Crippen LogP contribution in [0.25, 0.3) is 0 Å². The average Bonchev–Trinajstić information content (AvgIpc) is 3.01. The van der Waals surface area contributed by atoms with Crippen LogP contribution in [0.1, 0.15) is 157 Å². The van der Waals surface area contributed by atoms with Gasteiger partial charge in [0.25, 0.3) is 0 Å². The molecule has 2 fully saturated rings. The molecule has 0 unspecified atom stereocenters. The first kappa shape index (κ1) is 51.2. The predicted octanol–water partition coefficient (Wildman–Crippen LogP) is 6.39. The van der Waals surface area contributed by atoms with E-state index in [0.717, 1.165) is 87.7 Å². The zero-order valence-corrected chi connectivity index (χ0v) is 36.5. The van der Waals surface area contributed by atoms with Crippen molar-refractivity contribution in [1.82, 2.24) is 20.9 Å². The van der Waals surface area contributed by atoms with E-state index in [4.69, 9.17) is 22.3 Å². The van der Waals surface area contributed by atoms with E-state index < -0.39 is 5.97 Å². The zero-order valence-electron chi connectivity index (χ0n) is 36.5. The fourth-order valence-corrected chi connectivity index (χ4v) is 7.22. The summed E-state index contributed by atoms with van der Waals surface area (Å²) in [6.07, 6.45) is 13.2. The van der Waals surface area contributed by atoms with E-state index in [0.29, 0.717) is 18.2 Å². The summed E-state index contributed by atoms with van der Waals surface area (Å²) in [7, 11) is 4.19. The van der Waals surface area contributed by atoms with Crippen LogP contribution in [-0.2, 0) is 22.0 Å². The largest absolute Gasteiger partial charge is 0.507 e. The van der Waals surface area contributed by atoms with Crippen molar-refractivity contribution < 1.29 is 15.0 Å². The van der Waals surface area contributed by atoms with Crippen molar-refractivity contribution in [2.24, 2.45) is 17.2 Å². The fourth-order valence-electron chi connectivity index (χ4n) is 7.22. The van der Waals surface area contributed by atoms with Gasteiger partial charge in [-0.25, -0.2) is 0 Å². The molecule has 1 aromatic rings. The molecule has 2 aliphatic rings. The number of phenolic OH excluding ortho intramolecular Hbond substituents is 1. The summed E-state index contributed by atoms with van der Waals surface area (Å²) >= 11 is 0. The molecule has 1 heterocycles. The number of nitrogens with two attached hydrogens (primary N) is 3. The number of carbonyl (C=O) groups is 1. The van der Waals surface area contributed by atoms with E-state index in [1.54, 1.807) is 0 Å². The number of nitrogens with zero attached hydrogens (tertiary/aromatic N) is 1. The van der Waals surface area contributed by atoms with Crippen LogP contribution < -0.4 is 33.2 Å². The molecule has 312 valence electrons. The Kier molecular flexibility index (Phi) is 24.5. The first-order valence-corrected chi connectivity index (χ1v) is 20.6. The maximum Gasteiger partial charge on any atom is 0.303 e. The van der Waals surface area contributed by atoms with Crippen LogP contribution in [0.5, 0.6) is 5.75 Å². The minimum atomic E-state index is -0.798. The van der Waals surface area contributed by atoms with Gasteiger partial charge in [-0.2, -0.15) is 0 Å². The van der Waals surface area contributed by atoms with Crippen molar-refractivity contribution in [3.8, 4) is 5.75 Å². The highest BCUT2D eigenvalue weighted by Gasteiger charge is 2.35. The van der Waals surface area contributed by atoms with Gasteiger partial charge in [-0.15, -0.1) is 0 Å². The molecule has 11 N–H and O–H groups in total. The van der Waals surface area contributed by atoms with Gasteiger partial charge in [-0.3, -0.25) is 4.79 Å². The zero-order chi connectivity index (χ0) is 40.9. The van der Waals surface area contributed by atoms with E-state index in [1.165, 1.54) is 38.5 Å². The maximum absolute atomic E-state index is 10.8. The molecule has 1 saturated heterocycles. The van der Waals surface area contributed by atoms with Crippen LogP contribution in [0.2, 0.25) is 0 Å². The van der Waals surface area contributed by atoms with Gasteiger partial charge in [0, 0.05) is 29.6 Å².